The van der Waals surface area contributed by atoms with Gasteiger partial charge in [0.1, 0.15) is 17.7 Å². The molecule has 1 N–H and O–H groups in total. The number of carbonyl (C=O) groups is 1. The Hall–Kier alpha value is -1.78. The van der Waals surface area contributed by atoms with Crippen LogP contribution >= 0.6 is 0 Å². The van der Waals surface area contributed by atoms with Crippen LogP contribution in [0, 0.1) is 12.8 Å². The zero-order chi connectivity index (χ0) is 21.2. The van der Waals surface area contributed by atoms with E-state index in [9.17, 15) is 13.2 Å². The number of hydrogen-bond donors (Lipinski definition) is 1. The Morgan fingerprint density at radius 1 is 1.21 bits per heavy atom. The van der Waals surface area contributed by atoms with Crippen LogP contribution in [0.1, 0.15) is 37.2 Å². The number of nitrogens with zero attached hydrogens (tertiary/aromatic N) is 5. The average molecular weight is 425 g/mol. The first-order valence-corrected chi connectivity index (χ1v) is 11.6. The summed E-state index contributed by atoms with van der Waals surface area (Å²) < 4.78 is 27.6. The predicted octanol–water partition coefficient (Wildman–Crippen LogP) is 0.879. The molecule has 2 aliphatic rings. The molecule has 1 aromatic heterocycles. The maximum Gasteiger partial charge on any atom is 0.282 e. The van der Waals surface area contributed by atoms with E-state index < -0.39 is 16.3 Å². The second-order valence-electron chi connectivity index (χ2n) is 8.07. The third kappa shape index (κ3) is 4.87. The number of hydrogen-bond acceptors (Lipinski definition) is 6. The largest absolute Gasteiger partial charge is 0.373 e. The summed E-state index contributed by atoms with van der Waals surface area (Å²) in [6.45, 7) is 3.63. The lowest BCUT2D eigenvalue weighted by molar-refractivity contribution is -0.136. The maximum absolute atomic E-state index is 13.0. The van der Waals surface area contributed by atoms with E-state index in [1.165, 1.54) is 22.7 Å². The monoisotopic (exact) mass is 424 g/mol. The fraction of sp³-hybridized carbons (Fsp3) is 0.737. The zero-order valence-corrected chi connectivity index (χ0v) is 18.6. The Kier molecular flexibility index (Phi) is 6.75. The Bertz CT molecular complexity index is 836. The summed E-state index contributed by atoms with van der Waals surface area (Å²) in [7, 11) is 1.29. The second kappa shape index (κ2) is 8.93. The topological polar surface area (TPSA) is 98.7 Å². The van der Waals surface area contributed by atoms with Crippen LogP contribution in [0.15, 0.2) is 6.07 Å². The average Bonchev–Trinajstić information content (AvgIpc) is 3.18. The summed E-state index contributed by atoms with van der Waals surface area (Å²) in [6, 6.07) is 1.41. The van der Waals surface area contributed by atoms with E-state index in [1.54, 1.807) is 0 Å². The van der Waals surface area contributed by atoms with Crippen LogP contribution in [0.4, 0.5) is 5.82 Å². The lowest BCUT2D eigenvalue weighted by Crippen LogP contribution is -2.52. The van der Waals surface area contributed by atoms with Crippen LogP contribution in [0.25, 0.3) is 0 Å². The molecule has 0 aliphatic carbocycles. The molecule has 0 spiro atoms. The highest BCUT2D eigenvalue weighted by atomic mass is 32.2. The quantitative estimate of drug-likeness (QED) is 0.728. The van der Waals surface area contributed by atoms with E-state index in [0.29, 0.717) is 32.0 Å². The lowest BCUT2D eigenvalue weighted by Gasteiger charge is -2.35. The highest BCUT2D eigenvalue weighted by Gasteiger charge is 2.41. The Labute approximate surface area is 173 Å². The SMILES string of the molecule is CNc1cc(CC2CCN(C(=O)[C@@H]3CCCN3S(=O)(=O)N(C)C)CC2)nc(C)n1. The molecule has 9 nitrogen and oxygen atoms in total. The number of amides is 1. The lowest BCUT2D eigenvalue weighted by atomic mass is 9.91. The van der Waals surface area contributed by atoms with Gasteiger partial charge in [-0.15, -0.1) is 0 Å². The third-order valence-electron chi connectivity index (χ3n) is 5.82. The van der Waals surface area contributed by atoms with Crippen LogP contribution in [0.2, 0.25) is 0 Å². The number of likely N-dealkylation sites (tertiary alicyclic amines) is 1. The molecule has 0 bridgehead atoms. The third-order valence-corrected chi connectivity index (χ3v) is 7.77. The molecule has 162 valence electrons. The van der Waals surface area contributed by atoms with Gasteiger partial charge in [-0.25, -0.2) is 9.97 Å². The van der Waals surface area contributed by atoms with E-state index in [4.69, 9.17) is 0 Å². The number of carbonyl (C=O) groups excluding carboxylic acids is 1. The predicted molar refractivity (Wildman–Crippen MR) is 112 cm³/mol. The highest BCUT2D eigenvalue weighted by Crippen LogP contribution is 2.27. The van der Waals surface area contributed by atoms with Crippen molar-refractivity contribution in [2.24, 2.45) is 5.92 Å². The highest BCUT2D eigenvalue weighted by molar-refractivity contribution is 7.86. The molecule has 3 heterocycles. The maximum atomic E-state index is 13.0. The van der Waals surface area contributed by atoms with E-state index in [0.717, 1.165) is 43.0 Å². The van der Waals surface area contributed by atoms with Crippen molar-refractivity contribution in [3.8, 4) is 0 Å². The molecular formula is C19H32N6O3S. The van der Waals surface area contributed by atoms with Crippen molar-refractivity contribution in [3.63, 3.8) is 0 Å². The van der Waals surface area contributed by atoms with Crippen molar-refractivity contribution >= 4 is 21.9 Å². The number of aromatic nitrogens is 2. The van der Waals surface area contributed by atoms with Gasteiger partial charge in [-0.3, -0.25) is 4.79 Å². The standard InChI is InChI=1S/C19H32N6O3S/c1-14-21-16(13-18(20-2)22-14)12-15-7-10-24(11-8-15)19(26)17-6-5-9-25(17)29(27,28)23(3)4/h13,15,17H,5-12H2,1-4H3,(H,20,21,22)/t17-/m0/s1. The molecule has 0 saturated carbocycles. The van der Waals surface area contributed by atoms with Crippen molar-refractivity contribution in [3.05, 3.63) is 17.6 Å². The summed E-state index contributed by atoms with van der Waals surface area (Å²) in [5.41, 5.74) is 1.02. The summed E-state index contributed by atoms with van der Waals surface area (Å²) in [4.78, 5) is 23.8. The molecule has 2 saturated heterocycles. The van der Waals surface area contributed by atoms with Crippen LogP contribution in [-0.4, -0.2) is 84.6 Å². The number of nitrogens with one attached hydrogen (secondary N) is 1. The smallest absolute Gasteiger partial charge is 0.282 e. The molecule has 0 unspecified atom stereocenters. The summed E-state index contributed by atoms with van der Waals surface area (Å²) in [5, 5.41) is 3.06. The molecule has 10 heteroatoms. The molecule has 1 atom stereocenters. The van der Waals surface area contributed by atoms with Crippen molar-refractivity contribution in [2.75, 3.05) is 46.1 Å². The van der Waals surface area contributed by atoms with Crippen molar-refractivity contribution in [2.45, 2.75) is 45.1 Å². The second-order valence-corrected chi connectivity index (χ2v) is 10.2. The number of anilines is 1. The minimum atomic E-state index is -3.57. The fourth-order valence-corrected chi connectivity index (χ4v) is 5.50. The normalized spacial score (nSPS) is 21.7. The Morgan fingerprint density at radius 2 is 1.90 bits per heavy atom. The number of piperidine rings is 1. The molecule has 3 rings (SSSR count). The minimum Gasteiger partial charge on any atom is -0.373 e. The zero-order valence-electron chi connectivity index (χ0n) is 17.8. The van der Waals surface area contributed by atoms with Gasteiger partial charge in [0.05, 0.1) is 0 Å². The van der Waals surface area contributed by atoms with Crippen LogP contribution in [0.3, 0.4) is 0 Å². The van der Waals surface area contributed by atoms with Crippen LogP contribution < -0.4 is 5.32 Å². The van der Waals surface area contributed by atoms with Gasteiger partial charge in [0.25, 0.3) is 10.2 Å². The molecule has 1 aromatic rings. The van der Waals surface area contributed by atoms with Gasteiger partial charge in [0.2, 0.25) is 5.91 Å². The molecular weight excluding hydrogens is 392 g/mol. The molecule has 2 aliphatic heterocycles. The number of aryl methyl sites for hydroxylation is 1. The summed E-state index contributed by atoms with van der Waals surface area (Å²) >= 11 is 0. The summed E-state index contributed by atoms with van der Waals surface area (Å²) in [6.07, 6.45) is 3.98. The Balaban J connectivity index is 1.59. The van der Waals surface area contributed by atoms with Crippen LogP contribution in [-0.2, 0) is 21.4 Å². The number of rotatable bonds is 6. The molecule has 0 radical (unpaired) electrons. The van der Waals surface area contributed by atoms with Gasteiger partial charge in [-0.1, -0.05) is 0 Å². The first kappa shape index (κ1) is 21.9. The van der Waals surface area contributed by atoms with Gasteiger partial charge in [0.15, 0.2) is 0 Å². The van der Waals surface area contributed by atoms with E-state index in [2.05, 4.69) is 15.3 Å². The first-order chi connectivity index (χ1) is 13.7. The van der Waals surface area contributed by atoms with E-state index in [1.807, 2.05) is 24.9 Å². The van der Waals surface area contributed by atoms with Gasteiger partial charge in [0, 0.05) is 52.5 Å². The Morgan fingerprint density at radius 3 is 2.52 bits per heavy atom. The van der Waals surface area contributed by atoms with E-state index in [-0.39, 0.29) is 5.91 Å². The molecule has 1 amide bonds. The molecule has 2 fully saturated rings. The summed E-state index contributed by atoms with van der Waals surface area (Å²) in [5.74, 6) is 1.98. The van der Waals surface area contributed by atoms with Gasteiger partial charge in [-0.2, -0.15) is 17.0 Å². The van der Waals surface area contributed by atoms with Gasteiger partial charge in [-0.05, 0) is 44.9 Å². The molecule has 29 heavy (non-hydrogen) atoms. The van der Waals surface area contributed by atoms with Crippen LogP contribution in [0.5, 0.6) is 0 Å². The minimum absolute atomic E-state index is 0.0540. The van der Waals surface area contributed by atoms with Gasteiger partial charge >= 0.3 is 0 Å². The van der Waals surface area contributed by atoms with Crippen molar-refractivity contribution in [1.29, 1.82) is 0 Å². The van der Waals surface area contributed by atoms with Crippen molar-refractivity contribution in [1.82, 2.24) is 23.5 Å². The molecule has 0 aromatic carbocycles. The van der Waals surface area contributed by atoms with Crippen molar-refractivity contribution < 1.29 is 13.2 Å². The fourth-order valence-electron chi connectivity index (χ4n) is 4.20. The van der Waals surface area contributed by atoms with Gasteiger partial charge < -0.3 is 10.2 Å². The van der Waals surface area contributed by atoms with E-state index >= 15 is 0 Å². The first-order valence-electron chi connectivity index (χ1n) is 10.2.